The van der Waals surface area contributed by atoms with Crippen LogP contribution in [-0.2, 0) is 4.79 Å². The van der Waals surface area contributed by atoms with Gasteiger partial charge in [0.05, 0.1) is 13.7 Å². The Hall–Kier alpha value is -3.46. The number of benzene rings is 2. The third kappa shape index (κ3) is 4.75. The Morgan fingerprint density at radius 1 is 1.32 bits per heavy atom. The van der Waals surface area contributed by atoms with Crippen molar-refractivity contribution in [3.05, 3.63) is 53.6 Å². The van der Waals surface area contributed by atoms with Crippen molar-refractivity contribution in [1.29, 1.82) is 5.26 Å². The number of nitrogens with one attached hydrogen (secondary N) is 1. The summed E-state index contributed by atoms with van der Waals surface area (Å²) in [6.07, 6.45) is 1.39. The molecule has 0 aliphatic carbocycles. The van der Waals surface area contributed by atoms with Gasteiger partial charge in [-0.05, 0) is 42.8 Å². The van der Waals surface area contributed by atoms with Crippen molar-refractivity contribution in [3.8, 4) is 23.3 Å². The molecule has 0 atom stereocenters. The van der Waals surface area contributed by atoms with Gasteiger partial charge in [0, 0.05) is 11.8 Å². The molecule has 0 spiro atoms. The van der Waals surface area contributed by atoms with Gasteiger partial charge in [0.1, 0.15) is 17.4 Å². The number of carbonyl (C=O) groups excluding carboxylic acids is 1. The van der Waals surface area contributed by atoms with Crippen molar-refractivity contribution in [1.82, 2.24) is 0 Å². The zero-order chi connectivity index (χ0) is 18.2. The fourth-order valence-corrected chi connectivity index (χ4v) is 2.14. The topological polar surface area (TPSA) is 91.6 Å². The van der Waals surface area contributed by atoms with Crippen LogP contribution in [0.1, 0.15) is 12.5 Å². The molecule has 0 aliphatic rings. The number of nitrogens with zero attached hydrogens (tertiary/aromatic N) is 1. The summed E-state index contributed by atoms with van der Waals surface area (Å²) < 4.78 is 10.3. The number of phenols is 1. The van der Waals surface area contributed by atoms with Crippen LogP contribution in [0.5, 0.6) is 17.2 Å². The first-order chi connectivity index (χ1) is 12.1. The van der Waals surface area contributed by atoms with Crippen LogP contribution in [-0.4, -0.2) is 24.7 Å². The molecule has 2 aromatic rings. The average molecular weight is 338 g/mol. The first-order valence-electron chi connectivity index (χ1n) is 7.60. The third-order valence-electron chi connectivity index (χ3n) is 3.28. The van der Waals surface area contributed by atoms with E-state index in [0.29, 0.717) is 29.4 Å². The number of anilines is 1. The van der Waals surface area contributed by atoms with E-state index >= 15 is 0 Å². The maximum Gasteiger partial charge on any atom is 0.266 e. The molecule has 0 fully saturated rings. The highest BCUT2D eigenvalue weighted by molar-refractivity contribution is 6.09. The maximum atomic E-state index is 12.3. The molecule has 6 heteroatoms. The van der Waals surface area contributed by atoms with Crippen molar-refractivity contribution in [2.24, 2.45) is 0 Å². The van der Waals surface area contributed by atoms with E-state index < -0.39 is 5.91 Å². The molecule has 0 saturated carbocycles. The number of rotatable bonds is 6. The highest BCUT2D eigenvalue weighted by Crippen LogP contribution is 2.27. The molecule has 0 radical (unpaired) electrons. The van der Waals surface area contributed by atoms with Gasteiger partial charge in [0.2, 0.25) is 0 Å². The summed E-state index contributed by atoms with van der Waals surface area (Å²) in [6.45, 7) is 2.38. The molecule has 0 aromatic heterocycles. The molecule has 2 rings (SSSR count). The van der Waals surface area contributed by atoms with E-state index in [1.165, 1.54) is 19.3 Å². The number of hydrogen-bond acceptors (Lipinski definition) is 5. The summed E-state index contributed by atoms with van der Waals surface area (Å²) in [5, 5.41) is 21.7. The Morgan fingerprint density at radius 3 is 2.76 bits per heavy atom. The SMILES string of the molecule is CCOc1cccc(NC(=O)/C(C#N)=C/c2ccc(OC)c(O)c2)c1. The van der Waals surface area contributed by atoms with Crippen molar-refractivity contribution < 1.29 is 19.4 Å². The summed E-state index contributed by atoms with van der Waals surface area (Å²) in [7, 11) is 1.44. The molecule has 0 aliphatic heterocycles. The monoisotopic (exact) mass is 338 g/mol. The van der Waals surface area contributed by atoms with Crippen molar-refractivity contribution in [2.45, 2.75) is 6.92 Å². The predicted molar refractivity (Wildman–Crippen MR) is 94.5 cm³/mol. The predicted octanol–water partition coefficient (Wildman–Crippen LogP) is 3.35. The second-order valence-electron chi connectivity index (χ2n) is 5.02. The van der Waals surface area contributed by atoms with E-state index in [1.54, 1.807) is 36.4 Å². The normalized spacial score (nSPS) is 10.7. The van der Waals surface area contributed by atoms with Crippen LogP contribution in [0.3, 0.4) is 0 Å². The van der Waals surface area contributed by atoms with Crippen molar-refractivity contribution >= 4 is 17.7 Å². The number of methoxy groups -OCH3 is 1. The van der Waals surface area contributed by atoms with Crippen molar-refractivity contribution in [3.63, 3.8) is 0 Å². The smallest absolute Gasteiger partial charge is 0.266 e. The van der Waals surface area contributed by atoms with Crippen LogP contribution in [0, 0.1) is 11.3 Å². The summed E-state index contributed by atoms with van der Waals surface area (Å²) in [6, 6.07) is 13.4. The van der Waals surface area contributed by atoms with E-state index in [9.17, 15) is 15.2 Å². The summed E-state index contributed by atoms with van der Waals surface area (Å²) in [4.78, 5) is 12.3. The lowest BCUT2D eigenvalue weighted by Crippen LogP contribution is -2.13. The van der Waals surface area contributed by atoms with Gasteiger partial charge in [-0.15, -0.1) is 0 Å². The molecule has 1 amide bonds. The minimum atomic E-state index is -0.550. The minimum Gasteiger partial charge on any atom is -0.504 e. The summed E-state index contributed by atoms with van der Waals surface area (Å²) >= 11 is 0. The Morgan fingerprint density at radius 2 is 2.12 bits per heavy atom. The Kier molecular flexibility index (Phi) is 6.02. The first kappa shape index (κ1) is 17.9. The fourth-order valence-electron chi connectivity index (χ4n) is 2.14. The second-order valence-corrected chi connectivity index (χ2v) is 5.02. The molecule has 25 heavy (non-hydrogen) atoms. The van der Waals surface area contributed by atoms with Crippen LogP contribution in [0.15, 0.2) is 48.0 Å². The van der Waals surface area contributed by atoms with Gasteiger partial charge in [0.25, 0.3) is 5.91 Å². The van der Waals surface area contributed by atoms with E-state index in [1.807, 2.05) is 13.0 Å². The molecule has 0 saturated heterocycles. The minimum absolute atomic E-state index is 0.0710. The first-order valence-corrected chi connectivity index (χ1v) is 7.60. The highest BCUT2D eigenvalue weighted by atomic mass is 16.5. The molecule has 0 unspecified atom stereocenters. The Bertz CT molecular complexity index is 838. The van der Waals surface area contributed by atoms with Crippen LogP contribution >= 0.6 is 0 Å². The standard InChI is InChI=1S/C19H18N2O4/c1-3-25-16-6-4-5-15(11-16)21-19(23)14(12-20)9-13-7-8-18(24-2)17(22)10-13/h4-11,22H,3H2,1-2H3,(H,21,23)/b14-9+. The van der Waals surface area contributed by atoms with Crippen LogP contribution in [0.4, 0.5) is 5.69 Å². The van der Waals surface area contributed by atoms with Crippen LogP contribution in [0.25, 0.3) is 6.08 Å². The maximum absolute atomic E-state index is 12.3. The van der Waals surface area contributed by atoms with E-state index in [2.05, 4.69) is 5.32 Å². The molecule has 0 heterocycles. The van der Waals surface area contributed by atoms with Gasteiger partial charge in [-0.2, -0.15) is 5.26 Å². The quantitative estimate of drug-likeness (QED) is 0.622. The summed E-state index contributed by atoms with van der Waals surface area (Å²) in [5.74, 6) is 0.320. The van der Waals surface area contributed by atoms with Crippen LogP contribution in [0.2, 0.25) is 0 Å². The second kappa shape index (κ2) is 8.41. The van der Waals surface area contributed by atoms with Gasteiger partial charge in [-0.25, -0.2) is 0 Å². The van der Waals surface area contributed by atoms with Gasteiger partial charge in [0.15, 0.2) is 11.5 Å². The molecule has 0 bridgehead atoms. The molecular weight excluding hydrogens is 320 g/mol. The van der Waals surface area contributed by atoms with E-state index in [4.69, 9.17) is 9.47 Å². The largest absolute Gasteiger partial charge is 0.504 e. The number of amides is 1. The Labute approximate surface area is 145 Å². The zero-order valence-corrected chi connectivity index (χ0v) is 13.9. The van der Waals surface area contributed by atoms with Gasteiger partial charge >= 0.3 is 0 Å². The van der Waals surface area contributed by atoms with Gasteiger partial charge in [-0.3, -0.25) is 4.79 Å². The zero-order valence-electron chi connectivity index (χ0n) is 13.9. The van der Waals surface area contributed by atoms with Gasteiger partial charge < -0.3 is 19.9 Å². The lowest BCUT2D eigenvalue weighted by atomic mass is 10.1. The molecule has 2 N–H and O–H groups in total. The number of aromatic hydroxyl groups is 1. The fraction of sp³-hybridized carbons (Fsp3) is 0.158. The highest BCUT2D eigenvalue weighted by Gasteiger charge is 2.11. The van der Waals surface area contributed by atoms with E-state index in [-0.39, 0.29) is 11.3 Å². The van der Waals surface area contributed by atoms with E-state index in [0.717, 1.165) is 0 Å². The molecule has 128 valence electrons. The third-order valence-corrected chi connectivity index (χ3v) is 3.28. The molecule has 2 aromatic carbocycles. The molecular formula is C19H18N2O4. The van der Waals surface area contributed by atoms with Crippen LogP contribution < -0.4 is 14.8 Å². The number of nitriles is 1. The Balaban J connectivity index is 2.19. The number of hydrogen-bond donors (Lipinski definition) is 2. The lowest BCUT2D eigenvalue weighted by Gasteiger charge is -2.08. The van der Waals surface area contributed by atoms with Gasteiger partial charge in [-0.1, -0.05) is 12.1 Å². The number of ether oxygens (including phenoxy) is 2. The number of carbonyl (C=O) groups is 1. The lowest BCUT2D eigenvalue weighted by molar-refractivity contribution is -0.112. The molecule has 6 nitrogen and oxygen atoms in total. The number of phenolic OH excluding ortho intramolecular Hbond substituents is 1. The average Bonchev–Trinajstić information content (AvgIpc) is 2.60. The van der Waals surface area contributed by atoms with Crippen molar-refractivity contribution in [2.75, 3.05) is 19.0 Å². The summed E-state index contributed by atoms with van der Waals surface area (Å²) in [5.41, 5.74) is 0.939.